The van der Waals surface area contributed by atoms with E-state index in [1.807, 2.05) is 6.07 Å². The van der Waals surface area contributed by atoms with E-state index >= 15 is 0 Å². The summed E-state index contributed by atoms with van der Waals surface area (Å²) in [5.41, 5.74) is 6.56. The van der Waals surface area contributed by atoms with Crippen molar-refractivity contribution in [3.63, 3.8) is 0 Å². The smallest absolute Gasteiger partial charge is 0.257 e. The van der Waals surface area contributed by atoms with Gasteiger partial charge in [-0.2, -0.15) is 0 Å². The van der Waals surface area contributed by atoms with Crippen molar-refractivity contribution in [3.05, 3.63) is 45.1 Å². The van der Waals surface area contributed by atoms with Gasteiger partial charge in [0.15, 0.2) is 0 Å². The lowest BCUT2D eigenvalue weighted by Gasteiger charge is -2.10. The van der Waals surface area contributed by atoms with Gasteiger partial charge in [0.1, 0.15) is 11.3 Å². The maximum absolute atomic E-state index is 12.1. The molecule has 4 nitrogen and oxygen atoms in total. The van der Waals surface area contributed by atoms with E-state index in [9.17, 15) is 4.79 Å². The molecule has 0 aliphatic heterocycles. The summed E-state index contributed by atoms with van der Waals surface area (Å²) in [5.74, 6) is 0.196. The zero-order valence-electron chi connectivity index (χ0n) is 10.3. The van der Waals surface area contributed by atoms with Gasteiger partial charge >= 0.3 is 0 Å². The van der Waals surface area contributed by atoms with E-state index in [4.69, 9.17) is 22.1 Å². The minimum Gasteiger partial charge on any atom is -0.496 e. The van der Waals surface area contributed by atoms with Crippen molar-refractivity contribution in [3.8, 4) is 5.75 Å². The van der Waals surface area contributed by atoms with E-state index in [-0.39, 0.29) is 5.91 Å². The Morgan fingerprint density at radius 2 is 2.21 bits per heavy atom. The summed E-state index contributed by atoms with van der Waals surface area (Å²) in [4.78, 5) is 13.1. The number of halogens is 1. The van der Waals surface area contributed by atoms with Crippen molar-refractivity contribution in [1.29, 1.82) is 0 Å². The van der Waals surface area contributed by atoms with Crippen LogP contribution in [0.3, 0.4) is 0 Å². The minimum absolute atomic E-state index is 0.264. The number of rotatable bonds is 4. The minimum atomic E-state index is -0.264. The molecule has 0 aliphatic rings. The molecule has 1 aromatic heterocycles. The molecule has 6 heteroatoms. The molecule has 1 heterocycles. The van der Waals surface area contributed by atoms with Crippen molar-refractivity contribution in [1.82, 2.24) is 5.32 Å². The van der Waals surface area contributed by atoms with Crippen LogP contribution < -0.4 is 15.8 Å². The average Bonchev–Trinajstić information content (AvgIpc) is 2.81. The lowest BCUT2D eigenvalue weighted by Crippen LogP contribution is -2.24. The predicted molar refractivity (Wildman–Crippen MR) is 77.9 cm³/mol. The number of nitrogen functional groups attached to an aromatic ring is 1. The van der Waals surface area contributed by atoms with Crippen molar-refractivity contribution >= 4 is 34.5 Å². The molecule has 2 rings (SSSR count). The number of amides is 1. The van der Waals surface area contributed by atoms with Crippen molar-refractivity contribution in [2.24, 2.45) is 0 Å². The maximum atomic E-state index is 12.1. The van der Waals surface area contributed by atoms with Gasteiger partial charge < -0.3 is 15.8 Å². The number of nitrogens with two attached hydrogens (primary N) is 1. The Bertz CT molecular complexity index is 598. The molecule has 2 aromatic rings. The normalized spacial score (nSPS) is 10.2. The Hall–Kier alpha value is -1.72. The lowest BCUT2D eigenvalue weighted by atomic mass is 10.1. The molecule has 0 unspecified atom stereocenters. The fourth-order valence-corrected chi connectivity index (χ4v) is 2.69. The Morgan fingerprint density at radius 1 is 1.42 bits per heavy atom. The van der Waals surface area contributed by atoms with Crippen LogP contribution in [-0.2, 0) is 6.54 Å². The summed E-state index contributed by atoms with van der Waals surface area (Å²) in [5, 5.41) is 2.80. The summed E-state index contributed by atoms with van der Waals surface area (Å²) in [6.07, 6.45) is 0. The number of hydrogen-bond donors (Lipinski definition) is 2. The molecule has 0 radical (unpaired) electrons. The van der Waals surface area contributed by atoms with Crippen molar-refractivity contribution < 1.29 is 9.53 Å². The first-order chi connectivity index (χ1) is 9.11. The summed E-state index contributed by atoms with van der Waals surface area (Å²) in [7, 11) is 1.50. The molecule has 19 heavy (non-hydrogen) atoms. The van der Waals surface area contributed by atoms with Crippen molar-refractivity contribution in [2.45, 2.75) is 6.54 Å². The Balaban J connectivity index is 2.12. The van der Waals surface area contributed by atoms with Crippen LogP contribution in [0.1, 0.15) is 15.2 Å². The van der Waals surface area contributed by atoms with Crippen LogP contribution in [-0.4, -0.2) is 13.0 Å². The van der Waals surface area contributed by atoms with Gasteiger partial charge in [0.25, 0.3) is 5.91 Å². The molecule has 0 atom stereocenters. The standard InChI is InChI=1S/C13H13ClN2O2S/c1-18-10-4-2-3-9(15)12(10)13(17)16-7-8-5-6-11(14)19-8/h2-6H,7,15H2,1H3,(H,16,17). The van der Waals surface area contributed by atoms with Gasteiger partial charge in [0, 0.05) is 10.6 Å². The molecule has 0 saturated carbocycles. The highest BCUT2D eigenvalue weighted by atomic mass is 35.5. The number of carbonyl (C=O) groups excluding carboxylic acids is 1. The second kappa shape index (κ2) is 5.95. The van der Waals surface area contributed by atoms with Crippen LogP contribution in [0.4, 0.5) is 5.69 Å². The predicted octanol–water partition coefficient (Wildman–Crippen LogP) is 2.92. The van der Waals surface area contributed by atoms with Crippen LogP contribution in [0.2, 0.25) is 4.34 Å². The van der Waals surface area contributed by atoms with E-state index in [1.54, 1.807) is 24.3 Å². The van der Waals surface area contributed by atoms with E-state index in [1.165, 1.54) is 18.4 Å². The molecular formula is C13H13ClN2O2S. The zero-order chi connectivity index (χ0) is 13.8. The van der Waals surface area contributed by atoms with Crippen LogP contribution in [0.25, 0.3) is 0 Å². The molecule has 100 valence electrons. The van der Waals surface area contributed by atoms with Crippen molar-refractivity contribution in [2.75, 3.05) is 12.8 Å². The number of nitrogens with one attached hydrogen (secondary N) is 1. The maximum Gasteiger partial charge on any atom is 0.257 e. The van der Waals surface area contributed by atoms with Gasteiger partial charge in [-0.1, -0.05) is 17.7 Å². The molecule has 0 aliphatic carbocycles. The summed E-state index contributed by atoms with van der Waals surface area (Å²) >= 11 is 7.26. The van der Waals surface area contributed by atoms with Crippen LogP contribution in [0.15, 0.2) is 30.3 Å². The summed E-state index contributed by atoms with van der Waals surface area (Å²) < 4.78 is 5.84. The molecule has 3 N–H and O–H groups in total. The first kappa shape index (κ1) is 13.7. The highest BCUT2D eigenvalue weighted by Crippen LogP contribution is 2.25. The summed E-state index contributed by atoms with van der Waals surface area (Å²) in [6.45, 7) is 0.410. The number of anilines is 1. The van der Waals surface area contributed by atoms with Gasteiger partial charge in [-0.3, -0.25) is 4.79 Å². The van der Waals surface area contributed by atoms with Gasteiger partial charge in [-0.25, -0.2) is 0 Å². The molecule has 0 saturated heterocycles. The Kier molecular flexibility index (Phi) is 4.29. The van der Waals surface area contributed by atoms with Crippen LogP contribution in [0.5, 0.6) is 5.75 Å². The second-order valence-electron chi connectivity index (χ2n) is 3.81. The molecular weight excluding hydrogens is 284 g/mol. The first-order valence-corrected chi connectivity index (χ1v) is 6.76. The van der Waals surface area contributed by atoms with E-state index < -0.39 is 0 Å². The molecule has 1 amide bonds. The first-order valence-electron chi connectivity index (χ1n) is 5.56. The molecule has 0 spiro atoms. The van der Waals surface area contributed by atoms with Gasteiger partial charge in [0.2, 0.25) is 0 Å². The number of carbonyl (C=O) groups is 1. The number of ether oxygens (including phenoxy) is 1. The van der Waals surface area contributed by atoms with Crippen LogP contribution in [0, 0.1) is 0 Å². The summed E-state index contributed by atoms with van der Waals surface area (Å²) in [6, 6.07) is 8.78. The third kappa shape index (κ3) is 3.19. The third-order valence-corrected chi connectivity index (χ3v) is 3.79. The largest absolute Gasteiger partial charge is 0.496 e. The second-order valence-corrected chi connectivity index (χ2v) is 5.61. The van der Waals surface area contributed by atoms with E-state index in [0.29, 0.717) is 27.9 Å². The van der Waals surface area contributed by atoms with Gasteiger partial charge in [0.05, 0.1) is 18.0 Å². The van der Waals surface area contributed by atoms with E-state index in [0.717, 1.165) is 4.88 Å². The molecule has 0 bridgehead atoms. The highest BCUT2D eigenvalue weighted by Gasteiger charge is 2.15. The Labute approximate surface area is 120 Å². The fraction of sp³-hybridized carbons (Fsp3) is 0.154. The number of methoxy groups -OCH3 is 1. The molecule has 1 aromatic carbocycles. The van der Waals surface area contributed by atoms with Gasteiger partial charge in [-0.15, -0.1) is 11.3 Å². The monoisotopic (exact) mass is 296 g/mol. The van der Waals surface area contributed by atoms with E-state index in [2.05, 4.69) is 5.32 Å². The Morgan fingerprint density at radius 3 is 2.84 bits per heavy atom. The quantitative estimate of drug-likeness (QED) is 0.853. The van der Waals surface area contributed by atoms with Crippen LogP contribution >= 0.6 is 22.9 Å². The molecule has 0 fully saturated rings. The third-order valence-electron chi connectivity index (χ3n) is 2.56. The SMILES string of the molecule is COc1cccc(N)c1C(=O)NCc1ccc(Cl)s1. The number of hydrogen-bond acceptors (Lipinski definition) is 4. The average molecular weight is 297 g/mol. The highest BCUT2D eigenvalue weighted by molar-refractivity contribution is 7.16. The van der Waals surface area contributed by atoms with Gasteiger partial charge in [-0.05, 0) is 24.3 Å². The topological polar surface area (TPSA) is 64.3 Å². The zero-order valence-corrected chi connectivity index (χ0v) is 11.8. The fourth-order valence-electron chi connectivity index (χ4n) is 1.66. The number of benzene rings is 1. The lowest BCUT2D eigenvalue weighted by molar-refractivity contribution is 0.0949. The number of thiophene rings is 1.